The Morgan fingerprint density at radius 3 is 2.71 bits per heavy atom. The molecule has 2 bridgehead atoms. The Kier molecular flexibility index (Phi) is 3.12. The molecule has 3 heteroatoms. The van der Waals surface area contributed by atoms with Crippen LogP contribution in [0.15, 0.2) is 48.7 Å². The normalized spacial score (nSPS) is 28.0. The molecule has 0 radical (unpaired) electrons. The Morgan fingerprint density at radius 2 is 1.95 bits per heavy atom. The summed E-state index contributed by atoms with van der Waals surface area (Å²) in [7, 11) is 0. The molecule has 0 saturated carbocycles. The Morgan fingerprint density at radius 1 is 1.14 bits per heavy atom. The van der Waals surface area contributed by atoms with Crippen LogP contribution in [0.25, 0.3) is 0 Å². The zero-order valence-corrected chi connectivity index (χ0v) is 12.6. The van der Waals surface area contributed by atoms with Crippen molar-refractivity contribution in [2.24, 2.45) is 5.92 Å². The number of benzene rings is 1. The van der Waals surface area contributed by atoms with E-state index in [2.05, 4.69) is 72.1 Å². The van der Waals surface area contributed by atoms with Crippen LogP contribution >= 0.6 is 0 Å². The van der Waals surface area contributed by atoms with Crippen LogP contribution < -0.4 is 0 Å². The van der Waals surface area contributed by atoms with Crippen LogP contribution in [0.3, 0.4) is 0 Å². The first-order valence-corrected chi connectivity index (χ1v) is 7.88. The van der Waals surface area contributed by atoms with Gasteiger partial charge in [0.05, 0.1) is 12.1 Å². The van der Waals surface area contributed by atoms with E-state index in [-0.39, 0.29) is 6.10 Å². The van der Waals surface area contributed by atoms with Gasteiger partial charge >= 0.3 is 0 Å². The number of hydrogen-bond donors (Lipinski definition) is 0. The van der Waals surface area contributed by atoms with Gasteiger partial charge in [0.2, 0.25) is 0 Å². The van der Waals surface area contributed by atoms with E-state index in [1.54, 1.807) is 0 Å². The quantitative estimate of drug-likeness (QED) is 0.848. The van der Waals surface area contributed by atoms with E-state index >= 15 is 0 Å². The fraction of sp³-hybridized carbons (Fsp3) is 0.444. The lowest BCUT2D eigenvalue weighted by Crippen LogP contribution is -2.39. The van der Waals surface area contributed by atoms with Gasteiger partial charge in [-0.15, -0.1) is 0 Å². The lowest BCUT2D eigenvalue weighted by Gasteiger charge is -2.35. The molecule has 2 aliphatic heterocycles. The summed E-state index contributed by atoms with van der Waals surface area (Å²) in [6.07, 6.45) is 3.55. The largest absolute Gasteiger partial charge is 0.344 e. The second-order valence-corrected chi connectivity index (χ2v) is 6.53. The van der Waals surface area contributed by atoms with Crippen molar-refractivity contribution < 1.29 is 4.84 Å². The molecule has 1 aromatic carbocycles. The van der Waals surface area contributed by atoms with E-state index in [0.29, 0.717) is 18.0 Å². The predicted octanol–water partition coefficient (Wildman–Crippen LogP) is 3.95. The highest BCUT2D eigenvalue weighted by Crippen LogP contribution is 2.46. The summed E-state index contributed by atoms with van der Waals surface area (Å²) in [6.45, 7) is 5.50. The molecule has 3 nitrogen and oxygen atoms in total. The van der Waals surface area contributed by atoms with Gasteiger partial charge in [0.25, 0.3) is 0 Å². The second kappa shape index (κ2) is 5.00. The summed E-state index contributed by atoms with van der Waals surface area (Å²) in [4.78, 5) is 6.27. The third-order valence-electron chi connectivity index (χ3n) is 4.81. The maximum atomic E-state index is 6.27. The summed E-state index contributed by atoms with van der Waals surface area (Å²) in [5, 5.41) is 2.22. The van der Waals surface area contributed by atoms with E-state index in [1.165, 1.54) is 11.3 Å². The van der Waals surface area contributed by atoms with Gasteiger partial charge in [0, 0.05) is 24.9 Å². The van der Waals surface area contributed by atoms with E-state index in [9.17, 15) is 0 Å². The predicted molar refractivity (Wildman–Crippen MR) is 82.5 cm³/mol. The van der Waals surface area contributed by atoms with Crippen molar-refractivity contribution in [3.8, 4) is 0 Å². The molecular weight excluding hydrogens is 260 g/mol. The van der Waals surface area contributed by atoms with Crippen molar-refractivity contribution >= 4 is 0 Å². The molecule has 0 aliphatic carbocycles. The van der Waals surface area contributed by atoms with Crippen LogP contribution in [0.1, 0.15) is 43.7 Å². The minimum absolute atomic E-state index is 0.226. The SMILES string of the molecule is CC(C)[C@H]1[C@H]2C[C@H](ON2Cc2ccccc2)c2cccn21. The minimum Gasteiger partial charge on any atom is -0.344 e. The summed E-state index contributed by atoms with van der Waals surface area (Å²) < 4.78 is 2.44. The van der Waals surface area contributed by atoms with Crippen LogP contribution in [0.2, 0.25) is 0 Å². The van der Waals surface area contributed by atoms with Gasteiger partial charge in [-0.05, 0) is 23.6 Å². The molecule has 1 aromatic heterocycles. The van der Waals surface area contributed by atoms with E-state index < -0.39 is 0 Å². The molecule has 2 aliphatic rings. The van der Waals surface area contributed by atoms with Crippen LogP contribution in [0, 0.1) is 5.92 Å². The first-order chi connectivity index (χ1) is 10.2. The molecule has 0 unspecified atom stereocenters. The molecule has 0 spiro atoms. The third kappa shape index (κ3) is 2.12. The average molecular weight is 282 g/mol. The second-order valence-electron chi connectivity index (χ2n) is 6.53. The third-order valence-corrected chi connectivity index (χ3v) is 4.81. The minimum atomic E-state index is 0.226. The van der Waals surface area contributed by atoms with Crippen molar-refractivity contribution in [2.45, 2.75) is 45.0 Å². The Bertz CT molecular complexity index is 619. The number of fused-ring (bicyclic) bond motifs is 4. The standard InChI is InChI=1S/C18H22N2O/c1-13(2)18-16-11-17(15-9-6-10-19(15)18)21-20(16)12-14-7-4-3-5-8-14/h3-10,13,16-18H,11-12H2,1-2H3/t16-,17+,18+/m1/s1. The van der Waals surface area contributed by atoms with E-state index in [0.717, 1.165) is 13.0 Å². The number of aromatic nitrogens is 1. The van der Waals surface area contributed by atoms with Crippen LogP contribution in [-0.2, 0) is 11.4 Å². The fourth-order valence-electron chi connectivity index (χ4n) is 3.93. The average Bonchev–Trinajstić information content (AvgIpc) is 3.08. The topological polar surface area (TPSA) is 17.4 Å². The highest BCUT2D eigenvalue weighted by atomic mass is 16.7. The van der Waals surface area contributed by atoms with Gasteiger partial charge in [0.15, 0.2) is 0 Å². The number of rotatable bonds is 3. The number of nitrogens with zero attached hydrogens (tertiary/aromatic N) is 2. The first kappa shape index (κ1) is 13.1. The van der Waals surface area contributed by atoms with Crippen molar-refractivity contribution in [1.29, 1.82) is 0 Å². The monoisotopic (exact) mass is 282 g/mol. The van der Waals surface area contributed by atoms with Gasteiger partial charge in [0.1, 0.15) is 6.10 Å². The summed E-state index contributed by atoms with van der Waals surface area (Å²) in [5.74, 6) is 0.599. The van der Waals surface area contributed by atoms with Crippen LogP contribution in [0.4, 0.5) is 0 Å². The Labute approximate surface area is 126 Å². The molecule has 110 valence electrons. The molecule has 1 fully saturated rings. The maximum absolute atomic E-state index is 6.27. The molecule has 3 heterocycles. The highest BCUT2D eigenvalue weighted by Gasteiger charge is 2.46. The zero-order chi connectivity index (χ0) is 14.4. The molecule has 1 saturated heterocycles. The molecule has 4 rings (SSSR count). The lowest BCUT2D eigenvalue weighted by atomic mass is 9.88. The van der Waals surface area contributed by atoms with Gasteiger partial charge in [-0.3, -0.25) is 4.84 Å². The van der Waals surface area contributed by atoms with Crippen molar-refractivity contribution in [2.75, 3.05) is 0 Å². The van der Waals surface area contributed by atoms with E-state index in [4.69, 9.17) is 4.84 Å². The fourth-order valence-corrected chi connectivity index (χ4v) is 3.93. The summed E-state index contributed by atoms with van der Waals surface area (Å²) in [6, 6.07) is 15.9. The lowest BCUT2D eigenvalue weighted by molar-refractivity contribution is -0.172. The molecule has 3 atom stereocenters. The van der Waals surface area contributed by atoms with Crippen molar-refractivity contribution in [3.63, 3.8) is 0 Å². The first-order valence-electron chi connectivity index (χ1n) is 7.88. The van der Waals surface area contributed by atoms with Gasteiger partial charge in [-0.25, -0.2) is 0 Å². The molecular formula is C18H22N2O. The highest BCUT2D eigenvalue weighted by molar-refractivity contribution is 5.20. The van der Waals surface area contributed by atoms with Crippen LogP contribution in [-0.4, -0.2) is 15.7 Å². The maximum Gasteiger partial charge on any atom is 0.121 e. The Balaban J connectivity index is 1.64. The molecule has 21 heavy (non-hydrogen) atoms. The zero-order valence-electron chi connectivity index (χ0n) is 12.6. The van der Waals surface area contributed by atoms with Crippen LogP contribution in [0.5, 0.6) is 0 Å². The summed E-state index contributed by atoms with van der Waals surface area (Å²) in [5.41, 5.74) is 2.65. The van der Waals surface area contributed by atoms with E-state index in [1.807, 2.05) is 0 Å². The smallest absolute Gasteiger partial charge is 0.121 e. The number of hydroxylamine groups is 2. The molecule has 0 amide bonds. The van der Waals surface area contributed by atoms with Crippen molar-refractivity contribution in [1.82, 2.24) is 9.63 Å². The number of hydrogen-bond acceptors (Lipinski definition) is 2. The Hall–Kier alpha value is -1.58. The van der Waals surface area contributed by atoms with Crippen molar-refractivity contribution in [3.05, 3.63) is 59.9 Å². The molecule has 2 aromatic rings. The van der Waals surface area contributed by atoms with Gasteiger partial charge in [-0.2, -0.15) is 5.06 Å². The van der Waals surface area contributed by atoms with Gasteiger partial charge in [-0.1, -0.05) is 44.2 Å². The molecule has 0 N–H and O–H groups in total. The summed E-state index contributed by atoms with van der Waals surface area (Å²) >= 11 is 0. The van der Waals surface area contributed by atoms with Gasteiger partial charge < -0.3 is 4.57 Å².